The van der Waals surface area contributed by atoms with Crippen LogP contribution >= 0.6 is 0 Å². The Labute approximate surface area is 132 Å². The van der Waals surface area contributed by atoms with Crippen LogP contribution in [-0.2, 0) is 0 Å². The van der Waals surface area contributed by atoms with Crippen LogP contribution in [0.1, 0.15) is 78.6 Å². The van der Waals surface area contributed by atoms with Crippen molar-refractivity contribution in [2.75, 3.05) is 13.1 Å². The highest BCUT2D eigenvalue weighted by Gasteiger charge is 2.47. The topological polar surface area (TPSA) is 15.3 Å². The molecule has 1 heterocycles. The van der Waals surface area contributed by atoms with Crippen molar-refractivity contribution in [3.05, 3.63) is 0 Å². The molecular weight excluding hydrogens is 256 g/mol. The fraction of sp³-hybridized carbons (Fsp3) is 1.00. The first kappa shape index (κ1) is 15.8. The van der Waals surface area contributed by atoms with E-state index >= 15 is 0 Å². The van der Waals surface area contributed by atoms with Gasteiger partial charge in [0.1, 0.15) is 0 Å². The van der Waals surface area contributed by atoms with Crippen LogP contribution in [0.3, 0.4) is 0 Å². The number of rotatable bonds is 3. The summed E-state index contributed by atoms with van der Waals surface area (Å²) in [5.74, 6) is 1.72. The molecule has 0 aromatic rings. The molecular formula is C19H36N2. The van der Waals surface area contributed by atoms with E-state index in [1.807, 2.05) is 0 Å². The molecule has 2 atom stereocenters. The molecule has 0 spiro atoms. The third-order valence-electron chi connectivity index (χ3n) is 6.44. The van der Waals surface area contributed by atoms with Crippen LogP contribution in [0.4, 0.5) is 0 Å². The average Bonchev–Trinajstić information content (AvgIpc) is 3.22. The van der Waals surface area contributed by atoms with Crippen LogP contribution in [0.5, 0.6) is 0 Å². The van der Waals surface area contributed by atoms with Gasteiger partial charge in [-0.25, -0.2) is 0 Å². The molecule has 0 bridgehead atoms. The van der Waals surface area contributed by atoms with E-state index < -0.39 is 0 Å². The molecule has 0 radical (unpaired) electrons. The molecule has 1 N–H and O–H groups in total. The number of hydrogen-bond donors (Lipinski definition) is 1. The first-order chi connectivity index (χ1) is 10.1. The molecule has 3 aliphatic rings. The Hall–Kier alpha value is -0.0800. The van der Waals surface area contributed by atoms with Gasteiger partial charge in [-0.15, -0.1) is 0 Å². The van der Waals surface area contributed by atoms with Crippen molar-refractivity contribution in [2.45, 2.75) is 96.2 Å². The summed E-state index contributed by atoms with van der Waals surface area (Å²) in [6.07, 6.45) is 13.1. The van der Waals surface area contributed by atoms with Crippen LogP contribution in [0.25, 0.3) is 0 Å². The van der Waals surface area contributed by atoms with Gasteiger partial charge in [-0.2, -0.15) is 0 Å². The minimum atomic E-state index is 0.397. The van der Waals surface area contributed by atoms with Crippen LogP contribution in [0, 0.1) is 11.8 Å². The predicted octanol–water partition coefficient (Wildman–Crippen LogP) is 4.20. The van der Waals surface area contributed by atoms with Crippen molar-refractivity contribution >= 4 is 0 Å². The zero-order chi connectivity index (χ0) is 14.9. The summed E-state index contributed by atoms with van der Waals surface area (Å²) in [6, 6.07) is 1.61. The molecule has 2 unspecified atom stereocenters. The molecule has 122 valence electrons. The average molecular weight is 293 g/mol. The van der Waals surface area contributed by atoms with Crippen molar-refractivity contribution in [1.82, 2.24) is 10.2 Å². The smallest absolute Gasteiger partial charge is 0.0309 e. The molecule has 2 nitrogen and oxygen atoms in total. The fourth-order valence-corrected chi connectivity index (χ4v) is 4.79. The van der Waals surface area contributed by atoms with Crippen molar-refractivity contribution in [1.29, 1.82) is 0 Å². The highest BCUT2D eigenvalue weighted by Crippen LogP contribution is 2.42. The van der Waals surface area contributed by atoms with Gasteiger partial charge in [0.2, 0.25) is 0 Å². The van der Waals surface area contributed by atoms with Crippen LogP contribution in [0.2, 0.25) is 0 Å². The minimum Gasteiger partial charge on any atom is -0.308 e. The SMILES string of the molecule is CC(C)C1CNC(C)(C2CC2)CN1C1CCCCCCC1. The van der Waals surface area contributed by atoms with Gasteiger partial charge >= 0.3 is 0 Å². The quantitative estimate of drug-likeness (QED) is 0.839. The lowest BCUT2D eigenvalue weighted by molar-refractivity contribution is 0.00962. The summed E-state index contributed by atoms with van der Waals surface area (Å²) in [6.45, 7) is 9.84. The standard InChI is InChI=1S/C19H36N2/c1-15(2)18-13-20-19(3,16-11-12-16)14-21(18)17-9-7-5-4-6-8-10-17/h15-18,20H,4-14H2,1-3H3. The first-order valence-electron chi connectivity index (χ1n) is 9.61. The van der Waals surface area contributed by atoms with Gasteiger partial charge < -0.3 is 5.32 Å². The fourth-order valence-electron chi connectivity index (χ4n) is 4.79. The van der Waals surface area contributed by atoms with Gasteiger partial charge in [0.15, 0.2) is 0 Å². The van der Waals surface area contributed by atoms with Crippen molar-refractivity contribution in [3.8, 4) is 0 Å². The molecule has 1 saturated heterocycles. The first-order valence-corrected chi connectivity index (χ1v) is 9.61. The lowest BCUT2D eigenvalue weighted by Gasteiger charge is -2.51. The van der Waals surface area contributed by atoms with Crippen LogP contribution in [0.15, 0.2) is 0 Å². The summed E-state index contributed by atoms with van der Waals surface area (Å²) < 4.78 is 0. The van der Waals surface area contributed by atoms with Gasteiger partial charge in [-0.3, -0.25) is 4.90 Å². The van der Waals surface area contributed by atoms with Crippen LogP contribution < -0.4 is 5.32 Å². The molecule has 21 heavy (non-hydrogen) atoms. The molecule has 1 aliphatic heterocycles. The van der Waals surface area contributed by atoms with Crippen molar-refractivity contribution in [3.63, 3.8) is 0 Å². The lowest BCUT2D eigenvalue weighted by atomic mass is 9.85. The second-order valence-corrected chi connectivity index (χ2v) is 8.56. The zero-order valence-corrected chi connectivity index (χ0v) is 14.5. The highest BCUT2D eigenvalue weighted by atomic mass is 15.3. The lowest BCUT2D eigenvalue weighted by Crippen LogP contribution is -2.67. The Morgan fingerprint density at radius 1 is 0.952 bits per heavy atom. The Balaban J connectivity index is 1.72. The maximum atomic E-state index is 3.94. The van der Waals surface area contributed by atoms with E-state index in [-0.39, 0.29) is 0 Å². The van der Waals surface area contributed by atoms with Crippen molar-refractivity contribution in [2.24, 2.45) is 11.8 Å². The second-order valence-electron chi connectivity index (χ2n) is 8.56. The summed E-state index contributed by atoms with van der Waals surface area (Å²) in [7, 11) is 0. The molecule has 0 aromatic carbocycles. The third kappa shape index (κ3) is 3.64. The van der Waals surface area contributed by atoms with E-state index in [9.17, 15) is 0 Å². The molecule has 0 amide bonds. The summed E-state index contributed by atoms with van der Waals surface area (Å²) in [4.78, 5) is 2.95. The van der Waals surface area contributed by atoms with E-state index in [1.165, 1.54) is 70.9 Å². The zero-order valence-electron chi connectivity index (χ0n) is 14.5. The number of nitrogens with one attached hydrogen (secondary N) is 1. The second kappa shape index (κ2) is 6.58. The number of hydrogen-bond acceptors (Lipinski definition) is 2. The molecule has 2 aliphatic carbocycles. The van der Waals surface area contributed by atoms with Gasteiger partial charge in [-0.05, 0) is 44.4 Å². The molecule has 3 fully saturated rings. The normalized spacial score (nSPS) is 37.4. The summed E-state index contributed by atoms with van der Waals surface area (Å²) in [5, 5.41) is 3.94. The minimum absolute atomic E-state index is 0.397. The monoisotopic (exact) mass is 292 g/mol. The molecule has 2 saturated carbocycles. The van der Waals surface area contributed by atoms with Crippen molar-refractivity contribution < 1.29 is 0 Å². The maximum Gasteiger partial charge on any atom is 0.0309 e. The third-order valence-corrected chi connectivity index (χ3v) is 6.44. The highest BCUT2D eigenvalue weighted by molar-refractivity contribution is 5.05. The maximum absolute atomic E-state index is 3.94. The number of nitrogens with zero attached hydrogens (tertiary/aromatic N) is 1. The Kier molecular flexibility index (Phi) is 4.95. The van der Waals surface area contributed by atoms with E-state index in [1.54, 1.807) is 0 Å². The molecule has 3 rings (SSSR count). The predicted molar refractivity (Wildman–Crippen MR) is 90.6 cm³/mol. The Bertz CT molecular complexity index is 328. The van der Waals surface area contributed by atoms with E-state index in [2.05, 4.69) is 31.0 Å². The van der Waals surface area contributed by atoms with E-state index in [0.29, 0.717) is 5.54 Å². The largest absolute Gasteiger partial charge is 0.308 e. The van der Waals surface area contributed by atoms with E-state index in [0.717, 1.165) is 23.9 Å². The number of piperazine rings is 1. The van der Waals surface area contributed by atoms with Crippen LogP contribution in [-0.4, -0.2) is 35.6 Å². The molecule has 2 heteroatoms. The van der Waals surface area contributed by atoms with Gasteiger partial charge in [0.25, 0.3) is 0 Å². The Morgan fingerprint density at radius 2 is 1.57 bits per heavy atom. The van der Waals surface area contributed by atoms with Gasteiger partial charge in [-0.1, -0.05) is 46.0 Å². The summed E-state index contributed by atoms with van der Waals surface area (Å²) in [5.41, 5.74) is 0.397. The summed E-state index contributed by atoms with van der Waals surface area (Å²) >= 11 is 0. The van der Waals surface area contributed by atoms with Gasteiger partial charge in [0.05, 0.1) is 0 Å². The van der Waals surface area contributed by atoms with E-state index in [4.69, 9.17) is 0 Å². The molecule has 0 aromatic heterocycles. The Morgan fingerprint density at radius 3 is 2.14 bits per heavy atom. The van der Waals surface area contributed by atoms with Gasteiger partial charge in [0, 0.05) is 30.7 Å².